The highest BCUT2D eigenvalue weighted by Crippen LogP contribution is 2.45. The Morgan fingerprint density at radius 2 is 0.889 bits per heavy atom. The molecule has 290 valence electrons. The Balaban J connectivity index is 0.944. The van der Waals surface area contributed by atoms with Crippen LogP contribution >= 0.6 is 0 Å². The number of benzene rings is 10. The van der Waals surface area contributed by atoms with E-state index in [1.807, 2.05) is 54.9 Å². The predicted molar refractivity (Wildman–Crippen MR) is 261 cm³/mol. The van der Waals surface area contributed by atoms with Crippen molar-refractivity contribution in [1.82, 2.24) is 14.5 Å². The summed E-state index contributed by atoms with van der Waals surface area (Å²) in [4.78, 5) is 9.45. The third kappa shape index (κ3) is 5.47. The van der Waals surface area contributed by atoms with Crippen molar-refractivity contribution < 1.29 is 0 Å². The van der Waals surface area contributed by atoms with E-state index in [1.165, 1.54) is 65.2 Å². The molecule has 63 heavy (non-hydrogen) atoms. The molecule has 4 heteroatoms. The highest BCUT2D eigenvalue weighted by atomic mass is 15.0. The molecule has 3 heterocycles. The second kappa shape index (κ2) is 13.7. The van der Waals surface area contributed by atoms with Gasteiger partial charge in [0.1, 0.15) is 0 Å². The largest absolute Gasteiger partial charge is 0.309 e. The fourth-order valence-electron chi connectivity index (χ4n) is 10.1. The maximum atomic E-state index is 9.95. The van der Waals surface area contributed by atoms with Gasteiger partial charge in [0.15, 0.2) is 0 Å². The Morgan fingerprint density at radius 3 is 1.49 bits per heavy atom. The van der Waals surface area contributed by atoms with Crippen molar-refractivity contribution in [2.24, 2.45) is 0 Å². The minimum absolute atomic E-state index is 0.662. The van der Waals surface area contributed by atoms with Gasteiger partial charge in [0.05, 0.1) is 34.1 Å². The van der Waals surface area contributed by atoms with Gasteiger partial charge in [-0.1, -0.05) is 115 Å². The average molecular weight is 799 g/mol. The Morgan fingerprint density at radius 1 is 0.365 bits per heavy atom. The highest BCUT2D eigenvalue weighted by molar-refractivity contribution is 6.28. The van der Waals surface area contributed by atoms with Crippen molar-refractivity contribution in [3.05, 3.63) is 212 Å². The number of aromatic nitrogens is 3. The summed E-state index contributed by atoms with van der Waals surface area (Å²) in [6.45, 7) is 0. The standard InChI is InChI=1S/C59H34N4/c60-35-36-28-41-16-17-42-30-43(34-55-59(42)58(41)54(29-36)63(55)47-8-2-1-3-9-47)37-12-14-38(15-13-37)48-22-18-39-21-25-51-49(23-19-40-20-24-50(48)56(39)57(40)51)44-31-45(52-10-4-6-26-61-52)33-46(32-44)53-11-5-7-27-62-53/h1-34H. The van der Waals surface area contributed by atoms with Gasteiger partial charge in [-0.2, -0.15) is 5.26 Å². The molecule has 0 atom stereocenters. The van der Waals surface area contributed by atoms with Crippen LogP contribution < -0.4 is 0 Å². The van der Waals surface area contributed by atoms with Crippen LogP contribution in [0.3, 0.4) is 0 Å². The van der Waals surface area contributed by atoms with E-state index < -0.39 is 0 Å². The Hall–Kier alpha value is -8.65. The van der Waals surface area contributed by atoms with Gasteiger partial charge in [0.25, 0.3) is 0 Å². The molecule has 0 aliphatic rings. The molecule has 0 saturated heterocycles. The molecular weight excluding hydrogens is 765 g/mol. The molecular formula is C59H34N4. The van der Waals surface area contributed by atoms with E-state index in [-0.39, 0.29) is 0 Å². The molecule has 3 aromatic heterocycles. The lowest BCUT2D eigenvalue weighted by molar-refractivity contribution is 1.18. The van der Waals surface area contributed by atoms with Crippen LogP contribution in [0.15, 0.2) is 207 Å². The van der Waals surface area contributed by atoms with Gasteiger partial charge < -0.3 is 4.57 Å². The maximum absolute atomic E-state index is 9.95. The van der Waals surface area contributed by atoms with E-state index in [4.69, 9.17) is 9.97 Å². The first kappa shape index (κ1) is 35.1. The van der Waals surface area contributed by atoms with E-state index in [0.29, 0.717) is 5.56 Å². The number of hydrogen-bond donors (Lipinski definition) is 0. The number of nitrogens with zero attached hydrogens (tertiary/aromatic N) is 4. The summed E-state index contributed by atoms with van der Waals surface area (Å²) in [5, 5.41) is 22.1. The third-order valence-electron chi connectivity index (χ3n) is 13.0. The van der Waals surface area contributed by atoms with Gasteiger partial charge in [0, 0.05) is 40.0 Å². The fraction of sp³-hybridized carbons (Fsp3) is 0. The van der Waals surface area contributed by atoms with E-state index in [9.17, 15) is 5.26 Å². The van der Waals surface area contributed by atoms with Gasteiger partial charge in [-0.25, -0.2) is 0 Å². The van der Waals surface area contributed by atoms with Gasteiger partial charge in [0.2, 0.25) is 0 Å². The maximum Gasteiger partial charge on any atom is 0.0992 e. The molecule has 0 aliphatic carbocycles. The number of rotatable bonds is 6. The van der Waals surface area contributed by atoms with E-state index in [1.54, 1.807) is 0 Å². The molecule has 0 N–H and O–H groups in total. The van der Waals surface area contributed by atoms with Crippen LogP contribution in [-0.4, -0.2) is 14.5 Å². The summed E-state index contributed by atoms with van der Waals surface area (Å²) in [7, 11) is 0. The summed E-state index contributed by atoms with van der Waals surface area (Å²) < 4.78 is 2.32. The smallest absolute Gasteiger partial charge is 0.0992 e. The van der Waals surface area contributed by atoms with Crippen molar-refractivity contribution in [1.29, 1.82) is 5.26 Å². The quantitative estimate of drug-likeness (QED) is 0.157. The molecule has 4 nitrogen and oxygen atoms in total. The van der Waals surface area contributed by atoms with Crippen molar-refractivity contribution in [2.75, 3.05) is 0 Å². The van der Waals surface area contributed by atoms with Crippen LogP contribution in [0.5, 0.6) is 0 Å². The first-order chi connectivity index (χ1) is 31.2. The molecule has 0 radical (unpaired) electrons. The first-order valence-corrected chi connectivity index (χ1v) is 21.3. The third-order valence-corrected chi connectivity index (χ3v) is 13.0. The molecule has 0 saturated carbocycles. The summed E-state index contributed by atoms with van der Waals surface area (Å²) in [5.41, 5.74) is 14.9. The SMILES string of the molecule is N#Cc1cc2ccc3cc(-c4ccc(-c5ccc6ccc7c(-c8cc(-c9ccccn9)cc(-c9ccccn9)c8)ccc8ccc5c6c87)cc4)cc4c3c2c(c1)n4-c1ccccc1. The minimum Gasteiger partial charge on any atom is -0.309 e. The molecule has 0 aliphatic heterocycles. The van der Waals surface area contributed by atoms with Gasteiger partial charge >= 0.3 is 0 Å². The second-order valence-corrected chi connectivity index (χ2v) is 16.5. The van der Waals surface area contributed by atoms with Gasteiger partial charge in [-0.3, -0.25) is 9.97 Å². The Labute approximate surface area is 362 Å². The monoisotopic (exact) mass is 798 g/mol. The number of para-hydroxylation sites is 1. The number of pyridine rings is 2. The molecule has 13 aromatic rings. The Kier molecular flexibility index (Phi) is 7.63. The molecule has 0 spiro atoms. The first-order valence-electron chi connectivity index (χ1n) is 21.3. The Bertz CT molecular complexity index is 3880. The molecule has 0 unspecified atom stereocenters. The molecule has 0 bridgehead atoms. The zero-order valence-corrected chi connectivity index (χ0v) is 33.9. The molecule has 0 fully saturated rings. The minimum atomic E-state index is 0.662. The molecule has 10 aromatic carbocycles. The average Bonchev–Trinajstić information content (AvgIpc) is 3.70. The lowest BCUT2D eigenvalue weighted by atomic mass is 9.86. The second-order valence-electron chi connectivity index (χ2n) is 16.5. The van der Waals surface area contributed by atoms with E-state index >= 15 is 0 Å². The van der Waals surface area contributed by atoms with Gasteiger partial charge in [-0.05, 0) is 155 Å². The predicted octanol–water partition coefficient (Wildman–Crippen LogP) is 15.3. The number of nitriles is 1. The summed E-state index contributed by atoms with van der Waals surface area (Å²) >= 11 is 0. The lowest BCUT2D eigenvalue weighted by Gasteiger charge is -2.17. The summed E-state index contributed by atoms with van der Waals surface area (Å²) in [6, 6.07) is 72.0. The van der Waals surface area contributed by atoms with Crippen molar-refractivity contribution in [3.8, 4) is 67.7 Å². The van der Waals surface area contributed by atoms with E-state index in [2.05, 4.69) is 162 Å². The molecule has 13 rings (SSSR count). The zero-order chi connectivity index (χ0) is 41.6. The normalized spacial score (nSPS) is 11.8. The summed E-state index contributed by atoms with van der Waals surface area (Å²) in [6.07, 6.45) is 3.70. The van der Waals surface area contributed by atoms with Crippen molar-refractivity contribution >= 4 is 64.9 Å². The fourth-order valence-corrected chi connectivity index (χ4v) is 10.1. The number of hydrogen-bond acceptors (Lipinski definition) is 3. The zero-order valence-electron chi connectivity index (χ0n) is 33.9. The van der Waals surface area contributed by atoms with Crippen LogP contribution in [0.2, 0.25) is 0 Å². The van der Waals surface area contributed by atoms with E-state index in [0.717, 1.165) is 61.3 Å². The van der Waals surface area contributed by atoms with Crippen LogP contribution in [0.25, 0.3) is 126 Å². The van der Waals surface area contributed by atoms with Gasteiger partial charge in [-0.15, -0.1) is 0 Å². The molecule has 0 amide bonds. The lowest BCUT2D eigenvalue weighted by Crippen LogP contribution is -1.94. The highest BCUT2D eigenvalue weighted by Gasteiger charge is 2.20. The van der Waals surface area contributed by atoms with Crippen molar-refractivity contribution in [2.45, 2.75) is 0 Å². The van der Waals surface area contributed by atoms with Crippen LogP contribution in [-0.2, 0) is 0 Å². The summed E-state index contributed by atoms with van der Waals surface area (Å²) in [5.74, 6) is 0. The van der Waals surface area contributed by atoms with Crippen LogP contribution in [0.4, 0.5) is 0 Å². The van der Waals surface area contributed by atoms with Crippen LogP contribution in [0, 0.1) is 11.3 Å². The van der Waals surface area contributed by atoms with Crippen molar-refractivity contribution in [3.63, 3.8) is 0 Å². The topological polar surface area (TPSA) is 54.5 Å². The van der Waals surface area contributed by atoms with Crippen LogP contribution in [0.1, 0.15) is 5.56 Å².